The lowest BCUT2D eigenvalue weighted by Crippen LogP contribution is -2.05. The molecule has 0 amide bonds. The van der Waals surface area contributed by atoms with Gasteiger partial charge in [0, 0.05) is 5.56 Å². The summed E-state index contributed by atoms with van der Waals surface area (Å²) in [7, 11) is 0. The van der Waals surface area contributed by atoms with Crippen LogP contribution in [-0.4, -0.2) is 18.0 Å². The van der Waals surface area contributed by atoms with Crippen molar-refractivity contribution in [3.63, 3.8) is 0 Å². The number of rotatable bonds is 4. The summed E-state index contributed by atoms with van der Waals surface area (Å²) in [6, 6.07) is 7.47. The van der Waals surface area contributed by atoms with E-state index in [-0.39, 0.29) is 0 Å². The fraction of sp³-hybridized carbons (Fsp3) is 0.364. The predicted molar refractivity (Wildman–Crippen MR) is 56.2 cm³/mol. The van der Waals surface area contributed by atoms with Crippen molar-refractivity contribution in [2.24, 2.45) is 11.1 Å². The van der Waals surface area contributed by atoms with Crippen LogP contribution in [0.3, 0.4) is 0 Å². The Morgan fingerprint density at radius 1 is 1.43 bits per heavy atom. The molecule has 3 heteroatoms. The van der Waals surface area contributed by atoms with Crippen molar-refractivity contribution in [2.75, 3.05) is 6.61 Å². The highest BCUT2D eigenvalue weighted by atomic mass is 16.5. The molecular weight excluding hydrogens is 178 g/mol. The number of benzene rings is 1. The van der Waals surface area contributed by atoms with Gasteiger partial charge in [-0.2, -0.15) is 0 Å². The third-order valence-corrected chi connectivity index (χ3v) is 1.69. The lowest BCUT2D eigenvalue weighted by atomic mass is 10.2. The second kappa shape index (κ2) is 5.27. The van der Waals surface area contributed by atoms with Gasteiger partial charge in [0.2, 0.25) is 0 Å². The molecule has 0 heterocycles. The van der Waals surface area contributed by atoms with E-state index in [2.05, 4.69) is 19.0 Å². The van der Waals surface area contributed by atoms with Gasteiger partial charge in [0.25, 0.3) is 0 Å². The normalized spacial score (nSPS) is 11.1. The second-order valence-corrected chi connectivity index (χ2v) is 3.49. The largest absolute Gasteiger partial charge is 0.493 e. The zero-order valence-corrected chi connectivity index (χ0v) is 8.47. The van der Waals surface area contributed by atoms with Crippen LogP contribution < -0.4 is 4.74 Å². The lowest BCUT2D eigenvalue weighted by Gasteiger charge is -2.10. The molecule has 76 valence electrons. The molecule has 0 aliphatic rings. The molecule has 1 aromatic carbocycles. The van der Waals surface area contributed by atoms with Crippen LogP contribution in [0.25, 0.3) is 0 Å². The van der Waals surface area contributed by atoms with Crippen LogP contribution in [-0.2, 0) is 0 Å². The van der Waals surface area contributed by atoms with Crippen LogP contribution in [0.2, 0.25) is 0 Å². The molecular formula is C11H15NO2. The first kappa shape index (κ1) is 10.6. The molecule has 14 heavy (non-hydrogen) atoms. The van der Waals surface area contributed by atoms with Crippen LogP contribution in [0, 0.1) is 5.92 Å². The Morgan fingerprint density at radius 3 is 2.79 bits per heavy atom. The summed E-state index contributed by atoms with van der Waals surface area (Å²) in [5.41, 5.74) is 0.788. The van der Waals surface area contributed by atoms with Crippen LogP contribution >= 0.6 is 0 Å². The molecule has 0 aromatic heterocycles. The van der Waals surface area contributed by atoms with E-state index in [9.17, 15) is 0 Å². The molecule has 0 aliphatic heterocycles. The monoisotopic (exact) mass is 193 g/mol. The highest BCUT2D eigenvalue weighted by Crippen LogP contribution is 2.16. The Bertz CT molecular complexity index is 308. The summed E-state index contributed by atoms with van der Waals surface area (Å²) >= 11 is 0. The zero-order chi connectivity index (χ0) is 10.4. The molecule has 0 radical (unpaired) electrons. The van der Waals surface area contributed by atoms with Crippen LogP contribution in [0.5, 0.6) is 5.75 Å². The molecule has 0 fully saturated rings. The Labute approximate surface area is 84.0 Å². The van der Waals surface area contributed by atoms with Crippen LogP contribution in [0.15, 0.2) is 29.4 Å². The van der Waals surface area contributed by atoms with Gasteiger partial charge in [0.1, 0.15) is 5.75 Å². The number of para-hydroxylation sites is 1. The summed E-state index contributed by atoms with van der Waals surface area (Å²) in [4.78, 5) is 0. The van der Waals surface area contributed by atoms with Crippen molar-refractivity contribution in [2.45, 2.75) is 13.8 Å². The minimum Gasteiger partial charge on any atom is -0.493 e. The number of nitrogens with zero attached hydrogens (tertiary/aromatic N) is 1. The topological polar surface area (TPSA) is 41.8 Å². The Hall–Kier alpha value is -1.51. The molecule has 1 rings (SSSR count). The van der Waals surface area contributed by atoms with E-state index in [0.717, 1.165) is 11.3 Å². The van der Waals surface area contributed by atoms with E-state index in [1.165, 1.54) is 6.21 Å². The first-order chi connectivity index (χ1) is 6.74. The van der Waals surface area contributed by atoms with Gasteiger partial charge in [-0.25, -0.2) is 0 Å². The van der Waals surface area contributed by atoms with Crippen molar-refractivity contribution in [3.05, 3.63) is 29.8 Å². The Kier molecular flexibility index (Phi) is 3.98. The van der Waals surface area contributed by atoms with Crippen molar-refractivity contribution < 1.29 is 9.94 Å². The fourth-order valence-electron chi connectivity index (χ4n) is 1.04. The smallest absolute Gasteiger partial charge is 0.128 e. The second-order valence-electron chi connectivity index (χ2n) is 3.49. The highest BCUT2D eigenvalue weighted by molar-refractivity contribution is 5.82. The van der Waals surface area contributed by atoms with Gasteiger partial charge in [-0.3, -0.25) is 0 Å². The van der Waals surface area contributed by atoms with Crippen molar-refractivity contribution >= 4 is 6.21 Å². The molecule has 0 spiro atoms. The Balaban J connectivity index is 2.74. The summed E-state index contributed by atoms with van der Waals surface area (Å²) in [5.74, 6) is 1.23. The zero-order valence-electron chi connectivity index (χ0n) is 8.47. The fourth-order valence-corrected chi connectivity index (χ4v) is 1.04. The summed E-state index contributed by atoms with van der Waals surface area (Å²) in [5, 5.41) is 11.4. The van der Waals surface area contributed by atoms with E-state index < -0.39 is 0 Å². The third kappa shape index (κ3) is 3.09. The highest BCUT2D eigenvalue weighted by Gasteiger charge is 2.01. The van der Waals surface area contributed by atoms with Gasteiger partial charge < -0.3 is 9.94 Å². The maximum atomic E-state index is 8.44. The van der Waals surface area contributed by atoms with Gasteiger partial charge in [-0.15, -0.1) is 0 Å². The van der Waals surface area contributed by atoms with Gasteiger partial charge in [0.15, 0.2) is 0 Å². The molecule has 0 unspecified atom stereocenters. The molecule has 0 aliphatic carbocycles. The van der Waals surface area contributed by atoms with Gasteiger partial charge in [0.05, 0.1) is 12.8 Å². The number of ether oxygens (including phenoxy) is 1. The molecule has 0 saturated carbocycles. The molecule has 1 N–H and O–H groups in total. The van der Waals surface area contributed by atoms with Crippen molar-refractivity contribution in [3.8, 4) is 5.75 Å². The molecule has 0 saturated heterocycles. The number of hydrogen-bond acceptors (Lipinski definition) is 3. The van der Waals surface area contributed by atoms with Crippen molar-refractivity contribution in [1.82, 2.24) is 0 Å². The van der Waals surface area contributed by atoms with Gasteiger partial charge in [-0.05, 0) is 18.1 Å². The summed E-state index contributed by atoms with van der Waals surface area (Å²) in [6.45, 7) is 4.84. The molecule has 0 bridgehead atoms. The van der Waals surface area contributed by atoms with Crippen LogP contribution in [0.1, 0.15) is 19.4 Å². The minimum absolute atomic E-state index is 0.481. The average molecular weight is 193 g/mol. The quantitative estimate of drug-likeness (QED) is 0.453. The first-order valence-electron chi connectivity index (χ1n) is 4.63. The molecule has 1 aromatic rings. The maximum Gasteiger partial charge on any atom is 0.128 e. The van der Waals surface area contributed by atoms with Gasteiger partial charge >= 0.3 is 0 Å². The molecule has 0 atom stereocenters. The maximum absolute atomic E-state index is 8.44. The van der Waals surface area contributed by atoms with E-state index in [1.54, 1.807) is 0 Å². The van der Waals surface area contributed by atoms with E-state index in [0.29, 0.717) is 12.5 Å². The summed E-state index contributed by atoms with van der Waals surface area (Å²) < 4.78 is 5.55. The predicted octanol–water partition coefficient (Wildman–Crippen LogP) is 2.53. The van der Waals surface area contributed by atoms with Gasteiger partial charge in [-0.1, -0.05) is 31.1 Å². The minimum atomic E-state index is 0.481. The average Bonchev–Trinajstić information content (AvgIpc) is 2.17. The van der Waals surface area contributed by atoms with Crippen LogP contribution in [0.4, 0.5) is 0 Å². The lowest BCUT2D eigenvalue weighted by molar-refractivity contribution is 0.270. The van der Waals surface area contributed by atoms with E-state index in [1.807, 2.05) is 24.3 Å². The molecule has 3 nitrogen and oxygen atoms in total. The van der Waals surface area contributed by atoms with E-state index >= 15 is 0 Å². The first-order valence-corrected chi connectivity index (χ1v) is 4.63. The SMILES string of the molecule is CC(C)COc1ccccc1C=NO. The number of hydrogen-bond donors (Lipinski definition) is 1. The summed E-state index contributed by atoms with van der Waals surface area (Å²) in [6.07, 6.45) is 1.37. The standard InChI is InChI=1S/C11H15NO2/c1-9(2)8-14-11-6-4-3-5-10(11)7-12-13/h3-7,9,13H,8H2,1-2H3. The number of oxime groups is 1. The van der Waals surface area contributed by atoms with Crippen molar-refractivity contribution in [1.29, 1.82) is 0 Å². The third-order valence-electron chi connectivity index (χ3n) is 1.69. The van der Waals surface area contributed by atoms with E-state index in [4.69, 9.17) is 9.94 Å². The Morgan fingerprint density at radius 2 is 2.14 bits per heavy atom.